The topological polar surface area (TPSA) is 93.3 Å². The second-order valence-electron chi connectivity index (χ2n) is 5.42. The van der Waals surface area contributed by atoms with E-state index in [0.717, 1.165) is 21.8 Å². The first-order chi connectivity index (χ1) is 11.4. The fourth-order valence-electron chi connectivity index (χ4n) is 2.54. The van der Waals surface area contributed by atoms with Gasteiger partial charge in [0.15, 0.2) is 9.84 Å². The van der Waals surface area contributed by atoms with Crippen LogP contribution in [0.4, 0.5) is 0 Å². The van der Waals surface area contributed by atoms with Gasteiger partial charge in [-0.2, -0.15) is 0 Å². The van der Waals surface area contributed by atoms with Crippen LogP contribution >= 0.6 is 34.7 Å². The Morgan fingerprint density at radius 2 is 2.08 bits per heavy atom. The largest absolute Gasteiger partial charge is 0.410 e. The Bertz CT molecular complexity index is 1010. The molecule has 1 aliphatic rings. The van der Waals surface area contributed by atoms with Crippen molar-refractivity contribution in [1.29, 1.82) is 0 Å². The fourth-order valence-corrected chi connectivity index (χ4v) is 7.33. The summed E-state index contributed by atoms with van der Waals surface area (Å²) >= 11 is 8.92. The van der Waals surface area contributed by atoms with Crippen molar-refractivity contribution in [3.63, 3.8) is 0 Å². The monoisotopic (exact) mass is 402 g/mol. The molecule has 3 aromatic rings. The molecule has 10 heteroatoms. The number of hydrogen-bond acceptors (Lipinski definition) is 8. The van der Waals surface area contributed by atoms with Crippen LogP contribution < -0.4 is 0 Å². The number of aliphatic hydroxyl groups is 1. The Balaban J connectivity index is 1.62. The third-order valence-electron chi connectivity index (χ3n) is 3.66. The summed E-state index contributed by atoms with van der Waals surface area (Å²) in [6, 6.07) is 7.71. The molecule has 0 radical (unpaired) electrons. The minimum absolute atomic E-state index is 0.0970. The molecule has 1 aliphatic heterocycles. The van der Waals surface area contributed by atoms with Crippen molar-refractivity contribution in [3.05, 3.63) is 29.3 Å². The molecule has 126 valence electrons. The van der Waals surface area contributed by atoms with Crippen LogP contribution in [-0.2, 0) is 9.84 Å². The number of aliphatic hydroxyl groups excluding tert-OH is 1. The molecule has 24 heavy (non-hydrogen) atoms. The normalized spacial score (nSPS) is 23.1. The highest BCUT2D eigenvalue weighted by atomic mass is 35.5. The van der Waals surface area contributed by atoms with E-state index in [0.29, 0.717) is 15.8 Å². The summed E-state index contributed by atoms with van der Waals surface area (Å²) in [6.07, 6.45) is -0.928. The lowest BCUT2D eigenvalue weighted by Gasteiger charge is -2.07. The zero-order chi connectivity index (χ0) is 16.9. The van der Waals surface area contributed by atoms with Crippen molar-refractivity contribution in [2.24, 2.45) is 0 Å². The van der Waals surface area contributed by atoms with Gasteiger partial charge in [0.2, 0.25) is 0 Å². The quantitative estimate of drug-likeness (QED) is 0.719. The highest BCUT2D eigenvalue weighted by Gasteiger charge is 2.38. The maximum absolute atomic E-state index is 11.6. The lowest BCUT2D eigenvalue weighted by molar-refractivity contribution is 0.207. The predicted octanol–water partition coefficient (Wildman–Crippen LogP) is 2.85. The van der Waals surface area contributed by atoms with Crippen LogP contribution in [0.15, 0.2) is 33.9 Å². The van der Waals surface area contributed by atoms with Gasteiger partial charge in [0.25, 0.3) is 11.1 Å². The van der Waals surface area contributed by atoms with E-state index in [4.69, 9.17) is 16.0 Å². The molecule has 0 unspecified atom stereocenters. The lowest BCUT2D eigenvalue weighted by atomic mass is 10.2. The zero-order valence-electron chi connectivity index (χ0n) is 12.0. The van der Waals surface area contributed by atoms with Crippen molar-refractivity contribution in [3.8, 4) is 10.8 Å². The smallest absolute Gasteiger partial charge is 0.277 e. The third-order valence-corrected chi connectivity index (χ3v) is 8.40. The first kappa shape index (κ1) is 16.3. The van der Waals surface area contributed by atoms with Crippen molar-refractivity contribution in [2.75, 3.05) is 11.5 Å². The van der Waals surface area contributed by atoms with Gasteiger partial charge in [-0.1, -0.05) is 41.6 Å². The molecule has 6 nitrogen and oxygen atoms in total. The minimum Gasteiger partial charge on any atom is -0.410 e. The molecular formula is C14H11ClN2O4S3. The number of halogens is 1. The van der Waals surface area contributed by atoms with Crippen molar-refractivity contribution in [1.82, 2.24) is 10.2 Å². The molecule has 1 aromatic carbocycles. The van der Waals surface area contributed by atoms with Crippen molar-refractivity contribution >= 4 is 54.6 Å². The second kappa shape index (κ2) is 5.99. The fraction of sp³-hybridized carbons (Fsp3) is 0.286. The molecular weight excluding hydrogens is 392 g/mol. The van der Waals surface area contributed by atoms with E-state index in [2.05, 4.69) is 10.2 Å². The Hall–Kier alpha value is -1.13. The Morgan fingerprint density at radius 1 is 1.29 bits per heavy atom. The lowest BCUT2D eigenvalue weighted by Crippen LogP contribution is -2.19. The van der Waals surface area contributed by atoms with Gasteiger partial charge in [0.1, 0.15) is 4.88 Å². The van der Waals surface area contributed by atoms with Gasteiger partial charge >= 0.3 is 0 Å². The molecule has 0 aliphatic carbocycles. The third kappa shape index (κ3) is 2.95. The number of aromatic nitrogens is 2. The maximum Gasteiger partial charge on any atom is 0.277 e. The summed E-state index contributed by atoms with van der Waals surface area (Å²) in [6.45, 7) is 0. The molecule has 0 bridgehead atoms. The number of thioether (sulfide) groups is 1. The van der Waals surface area contributed by atoms with Gasteiger partial charge in [0.05, 0.1) is 27.9 Å². The first-order valence-electron chi connectivity index (χ1n) is 6.99. The van der Waals surface area contributed by atoms with Crippen LogP contribution in [0, 0.1) is 0 Å². The molecule has 1 saturated heterocycles. The average molecular weight is 403 g/mol. The number of thiophene rings is 1. The summed E-state index contributed by atoms with van der Waals surface area (Å²) in [5.74, 6) is -0.0346. The van der Waals surface area contributed by atoms with E-state index in [1.807, 2.05) is 24.3 Å². The van der Waals surface area contributed by atoms with E-state index in [1.165, 1.54) is 11.3 Å². The van der Waals surface area contributed by atoms with Crippen LogP contribution in [-0.4, -0.2) is 46.6 Å². The Labute approximate surface area is 150 Å². The predicted molar refractivity (Wildman–Crippen MR) is 94.4 cm³/mol. The van der Waals surface area contributed by atoms with Crippen molar-refractivity contribution < 1.29 is 17.9 Å². The summed E-state index contributed by atoms with van der Waals surface area (Å²) < 4.78 is 29.7. The molecule has 1 N–H and O–H groups in total. The standard InChI is InChI=1S/C14H11ClN2O4S3/c15-11-7-3-1-2-4-9(7)22-12(11)13-16-17-14(21-13)23-10-6-24(19,20)5-8(10)18/h1-4,8,10,18H,5-6H2/t8-,10-/m0/s1. The van der Waals surface area contributed by atoms with E-state index in [9.17, 15) is 13.5 Å². The summed E-state index contributed by atoms with van der Waals surface area (Å²) in [7, 11) is -3.21. The van der Waals surface area contributed by atoms with Gasteiger partial charge in [-0.05, 0) is 6.07 Å². The van der Waals surface area contributed by atoms with E-state index in [1.54, 1.807) is 0 Å². The Morgan fingerprint density at radius 3 is 2.79 bits per heavy atom. The summed E-state index contributed by atoms with van der Waals surface area (Å²) in [4.78, 5) is 0.678. The second-order valence-corrected chi connectivity index (χ2v) is 10.2. The highest BCUT2D eigenvalue weighted by Crippen LogP contribution is 2.42. The zero-order valence-corrected chi connectivity index (χ0v) is 15.3. The molecule has 2 atom stereocenters. The average Bonchev–Trinajstić information content (AvgIpc) is 3.17. The summed E-state index contributed by atoms with van der Waals surface area (Å²) in [5.41, 5.74) is 0. The number of fused-ring (bicyclic) bond motifs is 1. The number of nitrogens with zero attached hydrogens (tertiary/aromatic N) is 2. The maximum atomic E-state index is 11.6. The van der Waals surface area contributed by atoms with Gasteiger partial charge < -0.3 is 9.52 Å². The van der Waals surface area contributed by atoms with Crippen LogP contribution in [0.25, 0.3) is 20.9 Å². The molecule has 3 heterocycles. The van der Waals surface area contributed by atoms with E-state index >= 15 is 0 Å². The number of hydrogen-bond donors (Lipinski definition) is 1. The molecule has 2 aromatic heterocycles. The van der Waals surface area contributed by atoms with Crippen LogP contribution in [0.3, 0.4) is 0 Å². The summed E-state index contributed by atoms with van der Waals surface area (Å²) in [5, 5.41) is 19.0. The number of sulfone groups is 1. The first-order valence-corrected chi connectivity index (χ1v) is 10.9. The number of benzene rings is 1. The van der Waals surface area contributed by atoms with E-state index < -0.39 is 21.2 Å². The van der Waals surface area contributed by atoms with Crippen LogP contribution in [0.2, 0.25) is 5.02 Å². The van der Waals surface area contributed by atoms with Gasteiger partial charge in [-0.25, -0.2) is 8.42 Å². The van der Waals surface area contributed by atoms with Gasteiger partial charge in [-0.3, -0.25) is 0 Å². The number of rotatable bonds is 3. The van der Waals surface area contributed by atoms with Crippen LogP contribution in [0.5, 0.6) is 0 Å². The van der Waals surface area contributed by atoms with Crippen LogP contribution in [0.1, 0.15) is 0 Å². The highest BCUT2D eigenvalue weighted by molar-refractivity contribution is 8.01. The van der Waals surface area contributed by atoms with Gasteiger partial charge in [0, 0.05) is 10.1 Å². The molecule has 0 saturated carbocycles. The Kier molecular flexibility index (Phi) is 4.08. The molecule has 0 spiro atoms. The molecule has 0 amide bonds. The van der Waals surface area contributed by atoms with E-state index in [-0.39, 0.29) is 16.7 Å². The molecule has 1 fully saturated rings. The van der Waals surface area contributed by atoms with Crippen molar-refractivity contribution in [2.45, 2.75) is 16.6 Å². The van der Waals surface area contributed by atoms with Gasteiger partial charge in [-0.15, -0.1) is 21.5 Å². The SMILES string of the molecule is O=S1(=O)C[C@H](Sc2nnc(-c3sc4ccccc4c3Cl)o2)[C@@H](O)C1. The molecule has 4 rings (SSSR count). The minimum atomic E-state index is -3.21.